The number of rotatable bonds is 5. The number of ether oxygens (including phenoxy) is 1. The Balaban J connectivity index is 1.99. The van der Waals surface area contributed by atoms with E-state index in [0.29, 0.717) is 12.3 Å². The molecule has 19 heavy (non-hydrogen) atoms. The maximum absolute atomic E-state index is 9.75. The van der Waals surface area contributed by atoms with Gasteiger partial charge in [-0.15, -0.1) is 0 Å². The summed E-state index contributed by atoms with van der Waals surface area (Å²) in [5.41, 5.74) is 0.852. The molecule has 0 unspecified atom stereocenters. The van der Waals surface area contributed by atoms with Crippen LogP contribution in [0.4, 0.5) is 0 Å². The Labute approximate surface area is 114 Å². The number of benzene rings is 1. The lowest BCUT2D eigenvalue weighted by Crippen LogP contribution is -2.49. The van der Waals surface area contributed by atoms with E-state index in [9.17, 15) is 10.2 Å². The SMILES string of the molecule is COc1ccc(CNC2(CO)CCCCC2)cc1O. The summed E-state index contributed by atoms with van der Waals surface area (Å²) >= 11 is 0. The Kier molecular flexibility index (Phi) is 4.66. The van der Waals surface area contributed by atoms with Crippen LogP contribution in [0.3, 0.4) is 0 Å². The number of methoxy groups -OCH3 is 1. The summed E-state index contributed by atoms with van der Waals surface area (Å²) in [6.45, 7) is 0.827. The second-order valence-corrected chi connectivity index (χ2v) is 5.36. The van der Waals surface area contributed by atoms with Crippen LogP contribution in [0, 0.1) is 0 Å². The Morgan fingerprint density at radius 1 is 1.26 bits per heavy atom. The van der Waals surface area contributed by atoms with Gasteiger partial charge in [-0.2, -0.15) is 0 Å². The molecule has 1 saturated carbocycles. The molecule has 3 N–H and O–H groups in total. The number of aliphatic hydroxyl groups is 1. The number of nitrogens with one attached hydrogen (secondary N) is 1. The van der Waals surface area contributed by atoms with Crippen molar-refractivity contribution in [2.24, 2.45) is 0 Å². The molecule has 1 aromatic carbocycles. The molecule has 1 aliphatic carbocycles. The zero-order chi connectivity index (χ0) is 13.7. The van der Waals surface area contributed by atoms with Gasteiger partial charge in [0.15, 0.2) is 11.5 Å². The first-order valence-electron chi connectivity index (χ1n) is 6.91. The minimum absolute atomic E-state index is 0.145. The van der Waals surface area contributed by atoms with E-state index in [0.717, 1.165) is 18.4 Å². The zero-order valence-electron chi connectivity index (χ0n) is 11.5. The predicted octanol–water partition coefficient (Wildman–Crippen LogP) is 2.19. The number of aliphatic hydroxyl groups excluding tert-OH is 1. The third-order valence-corrected chi connectivity index (χ3v) is 4.02. The van der Waals surface area contributed by atoms with Crippen LogP contribution in [0.5, 0.6) is 11.5 Å². The third-order valence-electron chi connectivity index (χ3n) is 4.02. The fourth-order valence-corrected chi connectivity index (χ4v) is 2.75. The van der Waals surface area contributed by atoms with E-state index < -0.39 is 0 Å². The standard InChI is InChI=1S/C15H23NO3/c1-19-14-6-5-12(9-13(14)18)10-16-15(11-17)7-3-2-4-8-15/h5-6,9,16-18H,2-4,7-8,10-11H2,1H3. The van der Waals surface area contributed by atoms with Crippen LogP contribution in [0.1, 0.15) is 37.7 Å². The van der Waals surface area contributed by atoms with Crippen LogP contribution >= 0.6 is 0 Å². The highest BCUT2D eigenvalue weighted by atomic mass is 16.5. The van der Waals surface area contributed by atoms with Crippen molar-refractivity contribution >= 4 is 0 Å². The van der Waals surface area contributed by atoms with Crippen molar-refractivity contribution in [2.75, 3.05) is 13.7 Å². The first kappa shape index (κ1) is 14.2. The normalized spacial score (nSPS) is 18.2. The number of phenolic OH excluding ortho intramolecular Hbond substituents is 1. The van der Waals surface area contributed by atoms with Gasteiger partial charge >= 0.3 is 0 Å². The minimum atomic E-state index is -0.145. The highest BCUT2D eigenvalue weighted by molar-refractivity contribution is 5.41. The van der Waals surface area contributed by atoms with E-state index in [-0.39, 0.29) is 17.9 Å². The lowest BCUT2D eigenvalue weighted by atomic mass is 9.82. The van der Waals surface area contributed by atoms with E-state index >= 15 is 0 Å². The fraction of sp³-hybridized carbons (Fsp3) is 0.600. The molecule has 0 saturated heterocycles. The third kappa shape index (κ3) is 3.39. The van der Waals surface area contributed by atoms with Gasteiger partial charge in [0, 0.05) is 12.1 Å². The van der Waals surface area contributed by atoms with Gasteiger partial charge in [0.05, 0.1) is 13.7 Å². The smallest absolute Gasteiger partial charge is 0.160 e. The summed E-state index contributed by atoms with van der Waals surface area (Å²) in [6.07, 6.45) is 5.63. The van der Waals surface area contributed by atoms with Crippen LogP contribution < -0.4 is 10.1 Å². The van der Waals surface area contributed by atoms with Gasteiger partial charge in [-0.25, -0.2) is 0 Å². The van der Waals surface area contributed by atoms with Crippen LogP contribution in [0.25, 0.3) is 0 Å². The summed E-state index contributed by atoms with van der Waals surface area (Å²) in [5, 5.41) is 22.8. The maximum Gasteiger partial charge on any atom is 0.160 e. The number of hydrogen-bond donors (Lipinski definition) is 3. The Morgan fingerprint density at radius 3 is 2.58 bits per heavy atom. The first-order chi connectivity index (χ1) is 9.19. The van der Waals surface area contributed by atoms with Gasteiger partial charge in [-0.05, 0) is 30.5 Å². The Bertz CT molecular complexity index is 414. The molecule has 1 aliphatic rings. The second-order valence-electron chi connectivity index (χ2n) is 5.36. The number of hydrogen-bond acceptors (Lipinski definition) is 4. The Morgan fingerprint density at radius 2 is 2.00 bits per heavy atom. The van der Waals surface area contributed by atoms with Gasteiger partial charge in [-0.1, -0.05) is 25.3 Å². The van der Waals surface area contributed by atoms with E-state index in [2.05, 4.69) is 5.32 Å². The zero-order valence-corrected chi connectivity index (χ0v) is 11.5. The van der Waals surface area contributed by atoms with Crippen molar-refractivity contribution in [3.63, 3.8) is 0 Å². The van der Waals surface area contributed by atoms with E-state index in [1.807, 2.05) is 6.07 Å². The average molecular weight is 265 g/mol. The molecule has 2 rings (SSSR count). The molecular formula is C15H23NO3. The quantitative estimate of drug-likeness (QED) is 0.763. The van der Waals surface area contributed by atoms with Crippen LogP contribution in [-0.4, -0.2) is 29.5 Å². The molecule has 0 aromatic heterocycles. The average Bonchev–Trinajstić information content (AvgIpc) is 2.46. The topological polar surface area (TPSA) is 61.7 Å². The van der Waals surface area contributed by atoms with E-state index in [4.69, 9.17) is 4.74 Å². The number of phenols is 1. The highest BCUT2D eigenvalue weighted by Crippen LogP contribution is 2.29. The van der Waals surface area contributed by atoms with Crippen molar-refractivity contribution in [1.82, 2.24) is 5.32 Å². The molecule has 0 heterocycles. The molecule has 0 radical (unpaired) electrons. The molecule has 0 bridgehead atoms. The summed E-state index contributed by atoms with van der Waals surface area (Å²) in [4.78, 5) is 0. The van der Waals surface area contributed by atoms with Crippen LogP contribution in [0.2, 0.25) is 0 Å². The first-order valence-corrected chi connectivity index (χ1v) is 6.91. The minimum Gasteiger partial charge on any atom is -0.504 e. The molecule has 1 fully saturated rings. The molecule has 0 spiro atoms. The van der Waals surface area contributed by atoms with Crippen molar-refractivity contribution in [2.45, 2.75) is 44.2 Å². The summed E-state index contributed by atoms with van der Waals surface area (Å²) in [7, 11) is 1.54. The largest absolute Gasteiger partial charge is 0.504 e. The van der Waals surface area contributed by atoms with Gasteiger partial charge < -0.3 is 20.3 Å². The number of aromatic hydroxyl groups is 1. The van der Waals surface area contributed by atoms with Gasteiger partial charge in [0.2, 0.25) is 0 Å². The molecule has 1 aromatic rings. The molecule has 106 valence electrons. The van der Waals surface area contributed by atoms with Crippen molar-refractivity contribution < 1.29 is 14.9 Å². The van der Waals surface area contributed by atoms with Crippen LogP contribution in [0.15, 0.2) is 18.2 Å². The summed E-state index contributed by atoms with van der Waals surface area (Å²) in [5.74, 6) is 0.641. The molecule has 0 atom stereocenters. The van der Waals surface area contributed by atoms with Crippen LogP contribution in [-0.2, 0) is 6.54 Å². The van der Waals surface area contributed by atoms with Crippen molar-refractivity contribution in [3.05, 3.63) is 23.8 Å². The molecule has 4 nitrogen and oxygen atoms in total. The maximum atomic E-state index is 9.75. The highest BCUT2D eigenvalue weighted by Gasteiger charge is 2.30. The lowest BCUT2D eigenvalue weighted by Gasteiger charge is -2.36. The molecule has 0 amide bonds. The monoisotopic (exact) mass is 265 g/mol. The van der Waals surface area contributed by atoms with Crippen molar-refractivity contribution in [3.8, 4) is 11.5 Å². The van der Waals surface area contributed by atoms with Crippen molar-refractivity contribution in [1.29, 1.82) is 0 Å². The molecule has 4 heteroatoms. The summed E-state index contributed by atoms with van der Waals surface area (Å²) in [6, 6.07) is 5.40. The van der Waals surface area contributed by atoms with E-state index in [1.165, 1.54) is 26.4 Å². The molecule has 0 aliphatic heterocycles. The van der Waals surface area contributed by atoms with Gasteiger partial charge in [0.25, 0.3) is 0 Å². The molecular weight excluding hydrogens is 242 g/mol. The fourth-order valence-electron chi connectivity index (χ4n) is 2.75. The second kappa shape index (κ2) is 6.26. The predicted molar refractivity (Wildman–Crippen MR) is 74.4 cm³/mol. The summed E-state index contributed by atoms with van der Waals surface area (Å²) < 4.78 is 5.03. The Hall–Kier alpha value is -1.26. The van der Waals surface area contributed by atoms with Gasteiger partial charge in [0.1, 0.15) is 0 Å². The van der Waals surface area contributed by atoms with Gasteiger partial charge in [-0.3, -0.25) is 0 Å². The lowest BCUT2D eigenvalue weighted by molar-refractivity contribution is 0.119. The van der Waals surface area contributed by atoms with E-state index in [1.54, 1.807) is 12.1 Å².